The zero-order valence-corrected chi connectivity index (χ0v) is 9.68. The van der Waals surface area contributed by atoms with Gasteiger partial charge < -0.3 is 0 Å². The van der Waals surface area contributed by atoms with Crippen LogP contribution in [0.1, 0.15) is 6.92 Å². The van der Waals surface area contributed by atoms with Gasteiger partial charge in [-0.3, -0.25) is 0 Å². The number of rotatable bonds is 2. The number of allylic oxidation sites excluding steroid dienone is 1. The zero-order chi connectivity index (χ0) is 6.57. The topological polar surface area (TPSA) is 0 Å². The van der Waals surface area contributed by atoms with Crippen LogP contribution in [0.2, 0.25) is 0 Å². The van der Waals surface area contributed by atoms with Gasteiger partial charge in [-0.15, -0.1) is 0 Å². The second-order valence-corrected chi connectivity index (χ2v) is 5.67. The molecular weight excluding hydrogens is 327 g/mol. The summed E-state index contributed by atoms with van der Waals surface area (Å²) < 4.78 is 2.38. The maximum absolute atomic E-state index is 4.12. The number of thiol groups is 1. The molecule has 0 aromatic carbocycles. The molecule has 0 aromatic rings. The van der Waals surface area contributed by atoms with Gasteiger partial charge in [-0.25, -0.2) is 0 Å². The molecule has 0 radical (unpaired) electrons. The summed E-state index contributed by atoms with van der Waals surface area (Å²) in [6, 6.07) is 0. The first-order valence-electron chi connectivity index (χ1n) is 2.06. The molecule has 0 N–H and O–H groups in total. The fraction of sp³-hybridized carbons (Fsp3) is 0.200. The van der Waals surface area contributed by atoms with Gasteiger partial charge >= 0.3 is 75.5 Å². The van der Waals surface area contributed by atoms with Gasteiger partial charge in [-0.1, -0.05) is 0 Å². The van der Waals surface area contributed by atoms with Crippen LogP contribution in [0.3, 0.4) is 0 Å². The van der Waals surface area contributed by atoms with E-state index in [0.29, 0.717) is 0 Å². The van der Waals surface area contributed by atoms with Crippen molar-refractivity contribution in [2.24, 2.45) is 0 Å². The summed E-state index contributed by atoms with van der Waals surface area (Å²) in [4.78, 5) is 0. The molecule has 0 aliphatic carbocycles. The molecule has 0 saturated heterocycles. The third-order valence-electron chi connectivity index (χ3n) is 0.467. The summed E-state index contributed by atoms with van der Waals surface area (Å²) in [5.41, 5.74) is 0. The van der Waals surface area contributed by atoms with E-state index in [1.165, 1.54) is 23.6 Å². The molecule has 0 amide bonds. The van der Waals surface area contributed by atoms with Crippen molar-refractivity contribution in [3.05, 3.63) is 12.2 Å². The van der Waals surface area contributed by atoms with Crippen molar-refractivity contribution in [3.8, 4) is 0 Å². The Bertz CT molecular complexity index is 123. The Morgan fingerprint density at radius 3 is 2.25 bits per heavy atom. The van der Waals surface area contributed by atoms with Crippen molar-refractivity contribution in [2.75, 3.05) is 0 Å². The summed E-state index contributed by atoms with van der Waals surface area (Å²) in [5, 5.41) is 0. The summed E-state index contributed by atoms with van der Waals surface area (Å²) in [6.07, 6.45) is 4.04. The Hall–Kier alpha value is 1.10. The van der Waals surface area contributed by atoms with E-state index in [1.54, 1.807) is 0 Å². The maximum atomic E-state index is 4.12. The van der Waals surface area contributed by atoms with Crippen molar-refractivity contribution in [2.45, 2.75) is 6.92 Å². The molecule has 0 saturated carbocycles. The van der Waals surface area contributed by atoms with Gasteiger partial charge in [0.15, 0.2) is 0 Å². The van der Waals surface area contributed by atoms with Crippen molar-refractivity contribution in [1.82, 2.24) is 0 Å². The second-order valence-electron chi connectivity index (χ2n) is 1.31. The average Bonchev–Trinajstić information content (AvgIpc) is 1.61. The molecular formula is C5H6SVW. The molecule has 0 spiro atoms. The molecule has 0 aliphatic rings. The van der Waals surface area contributed by atoms with Gasteiger partial charge in [0.1, 0.15) is 0 Å². The summed E-state index contributed by atoms with van der Waals surface area (Å²) in [5.74, 6) is 0. The van der Waals surface area contributed by atoms with Crippen molar-refractivity contribution in [3.63, 3.8) is 0 Å². The first kappa shape index (κ1) is 9.10. The predicted octanol–water partition coefficient (Wildman–Crippen LogP) is 0.888. The Kier molecular flexibility index (Phi) is 5.61. The quantitative estimate of drug-likeness (QED) is 0.713. The van der Waals surface area contributed by atoms with Crippen LogP contribution < -0.4 is 0 Å². The van der Waals surface area contributed by atoms with E-state index in [1.807, 2.05) is 19.1 Å². The normalized spacial score (nSPS) is 9.62. The summed E-state index contributed by atoms with van der Waals surface area (Å²) >= 11 is 8.01. The van der Waals surface area contributed by atoms with Gasteiger partial charge in [0.25, 0.3) is 0 Å². The predicted molar refractivity (Wildman–Crippen MR) is 33.8 cm³/mol. The molecule has 0 aliphatic heterocycles. The Morgan fingerprint density at radius 2 is 2.12 bits per heavy atom. The summed E-state index contributed by atoms with van der Waals surface area (Å²) in [7, 11) is 0. The van der Waals surface area contributed by atoms with Crippen molar-refractivity contribution >= 4 is 20.1 Å². The van der Waals surface area contributed by atoms with Gasteiger partial charge in [-0.2, -0.15) is 0 Å². The third-order valence-corrected chi connectivity index (χ3v) is 1.34. The molecule has 0 bridgehead atoms. The monoisotopic (exact) mass is 333 g/mol. The van der Waals surface area contributed by atoms with Crippen LogP contribution in [-0.2, 0) is 36.3 Å². The van der Waals surface area contributed by atoms with Crippen molar-refractivity contribution < 1.29 is 36.3 Å². The summed E-state index contributed by atoms with van der Waals surface area (Å²) in [6.45, 7) is 2.04. The molecule has 8 heavy (non-hydrogen) atoms. The van der Waals surface area contributed by atoms with Gasteiger partial charge in [0.05, 0.1) is 0 Å². The fourth-order valence-electron chi connectivity index (χ4n) is 0.192. The van der Waals surface area contributed by atoms with Gasteiger partial charge in [-0.05, 0) is 0 Å². The Morgan fingerprint density at radius 1 is 1.62 bits per heavy atom. The van der Waals surface area contributed by atoms with Crippen LogP contribution in [0.4, 0.5) is 0 Å². The minimum atomic E-state index is 1.12. The van der Waals surface area contributed by atoms with Crippen LogP contribution in [0.5, 0.6) is 0 Å². The van der Waals surface area contributed by atoms with Gasteiger partial charge in [0.2, 0.25) is 0 Å². The van der Waals surface area contributed by atoms with E-state index >= 15 is 0 Å². The average molecular weight is 333 g/mol. The third kappa shape index (κ3) is 7.10. The molecule has 0 heterocycles. The van der Waals surface area contributed by atoms with E-state index in [2.05, 4.69) is 29.6 Å². The molecule has 0 nitrogen and oxygen atoms in total. The SMILES string of the molecule is C[C](=[V])C=C[C](S)=[W]. The van der Waals surface area contributed by atoms with E-state index in [0.717, 1.165) is 3.23 Å². The Labute approximate surface area is 75.1 Å². The number of hydrogen-bond donors (Lipinski definition) is 1. The molecule has 3 heteroatoms. The molecule has 0 fully saturated rings. The van der Waals surface area contributed by atoms with Crippen LogP contribution in [0, 0.1) is 0 Å². The van der Waals surface area contributed by atoms with E-state index < -0.39 is 0 Å². The van der Waals surface area contributed by atoms with Crippen LogP contribution in [0.25, 0.3) is 0 Å². The van der Waals surface area contributed by atoms with Crippen molar-refractivity contribution in [1.29, 1.82) is 0 Å². The second kappa shape index (κ2) is 4.93. The van der Waals surface area contributed by atoms with E-state index in [9.17, 15) is 0 Å². The standard InChI is InChI=1S/C5H6S.V.W/c1-2-3-4-5-6;;/h3-4,6H,1H3;;. The van der Waals surface area contributed by atoms with Crippen LogP contribution >= 0.6 is 12.6 Å². The minimum absolute atomic E-state index is 1.12. The Balaban J connectivity index is 3.67. The molecule has 0 unspecified atom stereocenters. The molecule has 0 rings (SSSR count). The van der Waals surface area contributed by atoms with Gasteiger partial charge in [0, 0.05) is 0 Å². The molecule has 43 valence electrons. The van der Waals surface area contributed by atoms with Crippen LogP contribution in [0.15, 0.2) is 12.2 Å². The van der Waals surface area contributed by atoms with E-state index in [4.69, 9.17) is 0 Å². The first-order chi connectivity index (χ1) is 3.63. The van der Waals surface area contributed by atoms with E-state index in [-0.39, 0.29) is 0 Å². The van der Waals surface area contributed by atoms with Crippen LogP contribution in [-0.4, -0.2) is 7.46 Å². The fourth-order valence-corrected chi connectivity index (χ4v) is 0.627. The molecule has 0 aromatic heterocycles. The first-order valence-corrected chi connectivity index (χ1v) is 4.67. The zero-order valence-electron chi connectivity index (χ0n) is 4.46. The number of hydrogen-bond acceptors (Lipinski definition) is 1. The molecule has 0 atom stereocenters.